The first-order valence-corrected chi connectivity index (χ1v) is 12.0. The number of esters is 1. The van der Waals surface area contributed by atoms with Crippen molar-refractivity contribution in [1.82, 2.24) is 0 Å². The third-order valence-corrected chi connectivity index (χ3v) is 8.87. The van der Waals surface area contributed by atoms with Crippen molar-refractivity contribution in [1.29, 1.82) is 5.26 Å². The van der Waals surface area contributed by atoms with Gasteiger partial charge in [-0.2, -0.15) is 5.26 Å². The second-order valence-corrected chi connectivity index (χ2v) is 10.2. The van der Waals surface area contributed by atoms with Crippen molar-refractivity contribution in [2.45, 2.75) is 89.1 Å². The lowest BCUT2D eigenvalue weighted by Crippen LogP contribution is -2.46. The average molecular weight is 408 g/mol. The van der Waals surface area contributed by atoms with Crippen LogP contribution in [0, 0.1) is 34.5 Å². The quantitative estimate of drug-likeness (QED) is 0.656. The minimum Gasteiger partial charge on any atom is -0.508 e. The lowest BCUT2D eigenvalue weighted by atomic mass is 9.55. The van der Waals surface area contributed by atoms with Gasteiger partial charge in [0.25, 0.3) is 0 Å². The monoisotopic (exact) mass is 407 g/mol. The highest BCUT2D eigenvalue weighted by atomic mass is 16.5. The summed E-state index contributed by atoms with van der Waals surface area (Å²) in [6.07, 6.45) is 12.0. The largest absolute Gasteiger partial charge is 0.508 e. The Labute approximate surface area is 179 Å². The molecule has 4 aliphatic carbocycles. The molecule has 0 aliphatic heterocycles. The van der Waals surface area contributed by atoms with Crippen molar-refractivity contribution in [3.8, 4) is 11.8 Å². The standard InChI is InChI=1S/C26H33NO3/c27-16-26-14-13-21-20-9-7-19(28)15-18(20)6-8-22(21)23(26)10-11-24(26)30-25(29)12-5-17-3-1-2-4-17/h7,9,15,17,21-24,28H,1-6,8,10-14H2/t21-,22-,23+,24+,26?/m1/s1. The van der Waals surface area contributed by atoms with E-state index in [2.05, 4.69) is 12.1 Å². The van der Waals surface area contributed by atoms with Crippen LogP contribution in [0.1, 0.15) is 87.7 Å². The Morgan fingerprint density at radius 2 is 2.00 bits per heavy atom. The van der Waals surface area contributed by atoms with Crippen LogP contribution in [0.4, 0.5) is 0 Å². The van der Waals surface area contributed by atoms with Crippen LogP contribution >= 0.6 is 0 Å². The first kappa shape index (κ1) is 19.9. The van der Waals surface area contributed by atoms with Crippen molar-refractivity contribution >= 4 is 5.97 Å². The molecule has 0 heterocycles. The van der Waals surface area contributed by atoms with Crippen molar-refractivity contribution in [3.63, 3.8) is 0 Å². The van der Waals surface area contributed by atoms with Crippen LogP contribution < -0.4 is 0 Å². The lowest BCUT2D eigenvalue weighted by Gasteiger charge is -2.48. The molecule has 5 rings (SSSR count). The third-order valence-electron chi connectivity index (χ3n) is 8.87. The minimum atomic E-state index is -0.501. The maximum atomic E-state index is 12.6. The second kappa shape index (κ2) is 7.91. The lowest BCUT2D eigenvalue weighted by molar-refractivity contribution is -0.155. The number of carbonyl (C=O) groups excluding carboxylic acids is 1. The molecule has 0 spiro atoms. The predicted molar refractivity (Wildman–Crippen MR) is 114 cm³/mol. The van der Waals surface area contributed by atoms with Gasteiger partial charge in [-0.25, -0.2) is 0 Å². The number of nitrogens with zero attached hydrogens (tertiary/aromatic N) is 1. The summed E-state index contributed by atoms with van der Waals surface area (Å²) in [6.45, 7) is 0. The summed E-state index contributed by atoms with van der Waals surface area (Å²) >= 11 is 0. The predicted octanol–water partition coefficient (Wildman–Crippen LogP) is 5.63. The van der Waals surface area contributed by atoms with Gasteiger partial charge in [-0.05, 0) is 91.9 Å². The SMILES string of the molecule is N#CC12CC[C@@H]3c4ccc(O)cc4CC[C@H]3[C@@H]1CC[C@@H]2OC(=O)CCC1CCCC1. The van der Waals surface area contributed by atoms with Crippen LogP contribution in [0.2, 0.25) is 0 Å². The van der Waals surface area contributed by atoms with Gasteiger partial charge in [-0.15, -0.1) is 0 Å². The van der Waals surface area contributed by atoms with Gasteiger partial charge in [0.15, 0.2) is 0 Å². The van der Waals surface area contributed by atoms with Gasteiger partial charge >= 0.3 is 5.97 Å². The molecule has 0 bridgehead atoms. The summed E-state index contributed by atoms with van der Waals surface area (Å²) < 4.78 is 6.01. The molecule has 4 aliphatic rings. The molecular weight excluding hydrogens is 374 g/mol. The maximum absolute atomic E-state index is 12.6. The van der Waals surface area contributed by atoms with E-state index in [4.69, 9.17) is 4.74 Å². The number of ether oxygens (including phenoxy) is 1. The topological polar surface area (TPSA) is 70.3 Å². The highest BCUT2D eigenvalue weighted by molar-refractivity contribution is 5.69. The zero-order chi connectivity index (χ0) is 20.7. The summed E-state index contributed by atoms with van der Waals surface area (Å²) in [5.74, 6) is 2.22. The Kier molecular flexibility index (Phi) is 5.25. The number of rotatable bonds is 4. The van der Waals surface area contributed by atoms with E-state index >= 15 is 0 Å². The summed E-state index contributed by atoms with van der Waals surface area (Å²) in [5, 5.41) is 20.1. The van der Waals surface area contributed by atoms with Crippen molar-refractivity contribution < 1.29 is 14.6 Å². The van der Waals surface area contributed by atoms with Gasteiger partial charge in [0.2, 0.25) is 0 Å². The molecule has 0 amide bonds. The number of nitriles is 1. The van der Waals surface area contributed by atoms with Gasteiger partial charge in [0.1, 0.15) is 11.9 Å². The van der Waals surface area contributed by atoms with E-state index in [1.807, 2.05) is 6.07 Å². The number of aryl methyl sites for hydroxylation is 1. The van der Waals surface area contributed by atoms with E-state index in [0.717, 1.165) is 44.9 Å². The molecule has 1 aromatic carbocycles. The third kappa shape index (κ3) is 3.31. The van der Waals surface area contributed by atoms with E-state index in [-0.39, 0.29) is 12.1 Å². The number of hydrogen-bond donors (Lipinski definition) is 1. The molecule has 4 nitrogen and oxygen atoms in total. The molecule has 3 saturated carbocycles. The molecule has 30 heavy (non-hydrogen) atoms. The Balaban J connectivity index is 1.29. The number of benzene rings is 1. The number of fused-ring (bicyclic) bond motifs is 5. The molecule has 0 radical (unpaired) electrons. The molecule has 1 unspecified atom stereocenters. The van der Waals surface area contributed by atoms with Gasteiger partial charge in [0.05, 0.1) is 11.5 Å². The zero-order valence-corrected chi connectivity index (χ0v) is 17.8. The van der Waals surface area contributed by atoms with Gasteiger partial charge < -0.3 is 9.84 Å². The van der Waals surface area contributed by atoms with Gasteiger partial charge in [0, 0.05) is 6.42 Å². The maximum Gasteiger partial charge on any atom is 0.306 e. The molecule has 1 aromatic rings. The van der Waals surface area contributed by atoms with Crippen LogP contribution in [0.15, 0.2) is 18.2 Å². The van der Waals surface area contributed by atoms with Gasteiger partial charge in [-0.1, -0.05) is 31.7 Å². The van der Waals surface area contributed by atoms with Crippen molar-refractivity contribution in [2.75, 3.05) is 0 Å². The Hall–Kier alpha value is -2.02. The fraction of sp³-hybridized carbons (Fsp3) is 0.692. The normalized spacial score (nSPS) is 35.2. The summed E-state index contributed by atoms with van der Waals surface area (Å²) in [6, 6.07) is 8.50. The van der Waals surface area contributed by atoms with Crippen LogP contribution in [-0.4, -0.2) is 17.2 Å². The first-order chi connectivity index (χ1) is 14.6. The number of hydrogen-bond acceptors (Lipinski definition) is 4. The second-order valence-electron chi connectivity index (χ2n) is 10.2. The molecule has 3 fully saturated rings. The summed E-state index contributed by atoms with van der Waals surface area (Å²) in [4.78, 5) is 12.6. The highest BCUT2D eigenvalue weighted by Crippen LogP contribution is 2.61. The van der Waals surface area contributed by atoms with Gasteiger partial charge in [-0.3, -0.25) is 4.79 Å². The molecule has 4 heteroatoms. The van der Waals surface area contributed by atoms with Crippen LogP contribution in [-0.2, 0) is 16.0 Å². The zero-order valence-electron chi connectivity index (χ0n) is 17.8. The average Bonchev–Trinajstić information content (AvgIpc) is 3.40. The minimum absolute atomic E-state index is 0.0891. The molecule has 5 atom stereocenters. The molecule has 0 aromatic heterocycles. The van der Waals surface area contributed by atoms with Crippen molar-refractivity contribution in [2.24, 2.45) is 23.2 Å². The fourth-order valence-corrected chi connectivity index (χ4v) is 7.41. The van der Waals surface area contributed by atoms with E-state index in [1.165, 1.54) is 36.8 Å². The number of aromatic hydroxyl groups is 1. The van der Waals surface area contributed by atoms with Crippen molar-refractivity contribution in [3.05, 3.63) is 29.3 Å². The highest BCUT2D eigenvalue weighted by Gasteiger charge is 2.59. The number of carbonyl (C=O) groups is 1. The Morgan fingerprint density at radius 1 is 1.17 bits per heavy atom. The smallest absolute Gasteiger partial charge is 0.306 e. The molecule has 1 N–H and O–H groups in total. The molecular formula is C26H33NO3. The van der Waals surface area contributed by atoms with Crippen LogP contribution in [0.5, 0.6) is 5.75 Å². The number of phenols is 1. The van der Waals surface area contributed by atoms with E-state index in [1.54, 1.807) is 6.07 Å². The van der Waals surface area contributed by atoms with E-state index in [9.17, 15) is 15.2 Å². The Morgan fingerprint density at radius 3 is 2.80 bits per heavy atom. The summed E-state index contributed by atoms with van der Waals surface area (Å²) in [7, 11) is 0. The van der Waals surface area contributed by atoms with E-state index < -0.39 is 5.41 Å². The number of phenolic OH excluding ortho intramolecular Hbond substituents is 1. The van der Waals surface area contributed by atoms with Crippen LogP contribution in [0.25, 0.3) is 0 Å². The summed E-state index contributed by atoms with van der Waals surface area (Å²) in [5.41, 5.74) is 2.14. The van der Waals surface area contributed by atoms with Crippen LogP contribution in [0.3, 0.4) is 0 Å². The fourth-order valence-electron chi connectivity index (χ4n) is 7.41. The Bertz CT molecular complexity index is 852. The molecule has 0 saturated heterocycles. The van der Waals surface area contributed by atoms with E-state index in [0.29, 0.717) is 35.8 Å². The first-order valence-electron chi connectivity index (χ1n) is 12.0. The molecule has 160 valence electrons.